The van der Waals surface area contributed by atoms with Crippen LogP contribution in [0, 0.1) is 4.77 Å². The van der Waals surface area contributed by atoms with E-state index in [1.807, 2.05) is 24.3 Å². The fraction of sp³-hybridized carbons (Fsp3) is 0.235. The number of hydrogen-bond acceptors (Lipinski definition) is 3. The third-order valence-corrected chi connectivity index (χ3v) is 4.99. The summed E-state index contributed by atoms with van der Waals surface area (Å²) in [5, 5.41) is 9.08. The van der Waals surface area contributed by atoms with E-state index in [9.17, 15) is 0 Å². The van der Waals surface area contributed by atoms with Crippen LogP contribution >= 0.6 is 23.8 Å². The van der Waals surface area contributed by atoms with Gasteiger partial charge < -0.3 is 4.90 Å². The fourth-order valence-electron chi connectivity index (χ4n) is 3.13. The quantitative estimate of drug-likeness (QED) is 0.728. The molecule has 0 aliphatic carbocycles. The summed E-state index contributed by atoms with van der Waals surface area (Å²) < 4.78 is 4.03. The van der Waals surface area contributed by atoms with Crippen molar-refractivity contribution in [1.82, 2.24) is 19.8 Å². The van der Waals surface area contributed by atoms with Crippen molar-refractivity contribution in [2.24, 2.45) is 0 Å². The van der Waals surface area contributed by atoms with Crippen LogP contribution < -0.4 is 4.90 Å². The number of nitrogens with zero attached hydrogens (tertiary/aromatic N) is 4. The van der Waals surface area contributed by atoms with Crippen molar-refractivity contribution in [3.05, 3.63) is 69.5 Å². The summed E-state index contributed by atoms with van der Waals surface area (Å²) in [7, 11) is 0. The molecule has 1 aliphatic heterocycles. The molecule has 1 unspecified atom stereocenters. The third-order valence-electron chi connectivity index (χ3n) is 4.37. The maximum absolute atomic E-state index is 6.05. The zero-order valence-electron chi connectivity index (χ0n) is 13.0. The molecule has 122 valence electrons. The second-order valence-electron chi connectivity index (χ2n) is 6.01. The molecule has 0 saturated carbocycles. The van der Waals surface area contributed by atoms with Crippen LogP contribution in [0.4, 0.5) is 0 Å². The number of nitrogens with one attached hydrogen (secondary N) is 1. The molecule has 0 saturated heterocycles. The smallest absolute Gasteiger partial charge is 0.225 e. The molecule has 5 nitrogen and oxygen atoms in total. The summed E-state index contributed by atoms with van der Waals surface area (Å²) in [6.45, 7) is 2.78. The van der Waals surface area contributed by atoms with Gasteiger partial charge in [0.25, 0.3) is 0 Å². The van der Waals surface area contributed by atoms with E-state index in [1.54, 1.807) is 9.36 Å². The number of fused-ring (bicyclic) bond motifs is 1. The average Bonchev–Trinajstić information content (AvgIpc) is 2.95. The van der Waals surface area contributed by atoms with Gasteiger partial charge in [0.15, 0.2) is 6.67 Å². The minimum atomic E-state index is 0.587. The molecule has 3 aromatic rings. The van der Waals surface area contributed by atoms with Crippen molar-refractivity contribution in [2.45, 2.75) is 19.6 Å². The lowest BCUT2D eigenvalue weighted by atomic mass is 10.0. The molecule has 2 heterocycles. The maximum Gasteiger partial charge on any atom is 0.225 e. The molecule has 1 aromatic heterocycles. The summed E-state index contributed by atoms with van der Waals surface area (Å²) in [6.07, 6.45) is 1.08. The van der Waals surface area contributed by atoms with E-state index in [-0.39, 0.29) is 0 Å². The average molecular weight is 359 g/mol. The van der Waals surface area contributed by atoms with Crippen LogP contribution in [0.15, 0.2) is 48.5 Å². The molecule has 0 spiro atoms. The van der Waals surface area contributed by atoms with E-state index in [2.05, 4.69) is 34.7 Å². The number of benzene rings is 2. The minimum Gasteiger partial charge on any atom is -0.312 e. The zero-order chi connectivity index (χ0) is 16.5. The lowest BCUT2D eigenvalue weighted by Gasteiger charge is -2.25. The van der Waals surface area contributed by atoms with E-state index in [0.29, 0.717) is 16.5 Å². The number of rotatable bonds is 3. The van der Waals surface area contributed by atoms with Gasteiger partial charge in [-0.05, 0) is 46.4 Å². The zero-order valence-corrected chi connectivity index (χ0v) is 14.6. The van der Waals surface area contributed by atoms with Crippen molar-refractivity contribution in [3.8, 4) is 5.69 Å². The molecule has 0 amide bonds. The highest BCUT2D eigenvalue weighted by Gasteiger charge is 2.20. The first-order valence-electron chi connectivity index (χ1n) is 7.90. The monoisotopic (exact) mass is 358 g/mol. The largest absolute Gasteiger partial charge is 0.312 e. The van der Waals surface area contributed by atoms with Gasteiger partial charge in [-0.3, -0.25) is 0 Å². The van der Waals surface area contributed by atoms with Crippen molar-refractivity contribution in [2.75, 3.05) is 6.54 Å². The van der Waals surface area contributed by atoms with Gasteiger partial charge in [0.2, 0.25) is 4.77 Å². The molecule has 0 radical (unpaired) electrons. The molecule has 0 bridgehead atoms. The normalized spacial score (nSPS) is 16.8. The molecule has 1 N–H and O–H groups in total. The summed E-state index contributed by atoms with van der Waals surface area (Å²) in [5.74, 6) is 0. The minimum absolute atomic E-state index is 0.587. The second-order valence-corrected chi connectivity index (χ2v) is 6.81. The number of quaternary nitrogens is 1. The van der Waals surface area contributed by atoms with E-state index in [0.717, 1.165) is 25.2 Å². The Balaban J connectivity index is 1.56. The Labute approximate surface area is 150 Å². The first kappa shape index (κ1) is 15.5. The number of hydrogen-bond donors (Lipinski definition) is 1. The van der Waals surface area contributed by atoms with Gasteiger partial charge in [-0.2, -0.15) is 9.36 Å². The van der Waals surface area contributed by atoms with Crippen molar-refractivity contribution < 1.29 is 4.90 Å². The van der Waals surface area contributed by atoms with Crippen LogP contribution in [0.1, 0.15) is 11.1 Å². The van der Waals surface area contributed by atoms with Gasteiger partial charge in [-0.15, -0.1) is 0 Å². The highest BCUT2D eigenvalue weighted by atomic mass is 35.5. The van der Waals surface area contributed by atoms with Crippen LogP contribution in [0.3, 0.4) is 0 Å². The predicted octanol–water partition coefficient (Wildman–Crippen LogP) is 2.05. The third kappa shape index (κ3) is 3.00. The van der Waals surface area contributed by atoms with Crippen LogP contribution in [-0.2, 0) is 19.6 Å². The lowest BCUT2D eigenvalue weighted by Crippen LogP contribution is -3.11. The Morgan fingerprint density at radius 3 is 2.75 bits per heavy atom. The molecular weight excluding hydrogens is 342 g/mol. The molecule has 1 aliphatic rings. The van der Waals surface area contributed by atoms with Gasteiger partial charge in [-0.25, -0.2) is 0 Å². The van der Waals surface area contributed by atoms with Crippen LogP contribution in [0.5, 0.6) is 0 Å². The molecular formula is C17H17ClN5S+. The first-order valence-corrected chi connectivity index (χ1v) is 8.68. The Bertz CT molecular complexity index is 932. The summed E-state index contributed by atoms with van der Waals surface area (Å²) in [5.41, 5.74) is 3.69. The topological polar surface area (TPSA) is 40.1 Å². The van der Waals surface area contributed by atoms with Crippen LogP contribution in [-0.4, -0.2) is 26.3 Å². The highest BCUT2D eigenvalue weighted by Crippen LogP contribution is 2.14. The van der Waals surface area contributed by atoms with E-state index in [4.69, 9.17) is 23.8 Å². The molecule has 1 atom stereocenters. The molecule has 0 fully saturated rings. The number of tetrazole rings is 1. The molecule has 24 heavy (non-hydrogen) atoms. The highest BCUT2D eigenvalue weighted by molar-refractivity contribution is 7.71. The Morgan fingerprint density at radius 1 is 1.08 bits per heavy atom. The van der Waals surface area contributed by atoms with Gasteiger partial charge in [0.1, 0.15) is 6.54 Å². The maximum atomic E-state index is 6.05. The van der Waals surface area contributed by atoms with E-state index >= 15 is 0 Å². The van der Waals surface area contributed by atoms with Crippen LogP contribution in [0.2, 0.25) is 5.02 Å². The van der Waals surface area contributed by atoms with E-state index < -0.39 is 0 Å². The molecule has 2 aromatic carbocycles. The van der Waals surface area contributed by atoms with Crippen molar-refractivity contribution in [1.29, 1.82) is 0 Å². The molecule has 4 rings (SSSR count). The van der Waals surface area contributed by atoms with Gasteiger partial charge in [-0.1, -0.05) is 41.9 Å². The van der Waals surface area contributed by atoms with Crippen molar-refractivity contribution >= 4 is 23.8 Å². The predicted molar refractivity (Wildman–Crippen MR) is 94.9 cm³/mol. The standard InChI is InChI=1S/C17H16ClN5S/c18-15-6-3-7-16(10-15)23-17(24)22(19-20-23)12-21-9-8-13-4-1-2-5-14(13)11-21/h1-7,10H,8-9,11-12H2/p+1. The van der Waals surface area contributed by atoms with Crippen LogP contribution in [0.25, 0.3) is 5.69 Å². The van der Waals surface area contributed by atoms with Crippen molar-refractivity contribution in [3.63, 3.8) is 0 Å². The SMILES string of the molecule is S=c1n(C[NH+]2CCc3ccccc3C2)nnn1-c1cccc(Cl)c1. The first-order chi connectivity index (χ1) is 11.7. The Hall–Kier alpha value is -2.02. The Morgan fingerprint density at radius 2 is 1.92 bits per heavy atom. The summed E-state index contributed by atoms with van der Waals surface area (Å²) >= 11 is 11.6. The number of halogens is 1. The van der Waals surface area contributed by atoms with Gasteiger partial charge in [0.05, 0.1) is 12.2 Å². The second kappa shape index (κ2) is 6.47. The van der Waals surface area contributed by atoms with Gasteiger partial charge in [0, 0.05) is 17.0 Å². The summed E-state index contributed by atoms with van der Waals surface area (Å²) in [4.78, 5) is 1.43. The summed E-state index contributed by atoms with van der Waals surface area (Å²) in [6, 6.07) is 16.1. The molecule has 7 heteroatoms. The fourth-order valence-corrected chi connectivity index (χ4v) is 3.56. The van der Waals surface area contributed by atoms with Gasteiger partial charge >= 0.3 is 0 Å². The lowest BCUT2D eigenvalue weighted by molar-refractivity contribution is -0.939. The Kier molecular flexibility index (Phi) is 4.18. The number of aromatic nitrogens is 4. The van der Waals surface area contributed by atoms with E-state index in [1.165, 1.54) is 16.0 Å².